The smallest absolute Gasteiger partial charge is 0.336 e. The minimum Gasteiger partial charge on any atom is -0.378 e. The SMILES string of the molecule is CC(C)NC(=O)Cc1nnc2c3ncc(N4CCOCC4)cc3n(Cc3ccc(Cl)cc3)c(=O)n12. The van der Waals surface area contributed by atoms with E-state index in [0.717, 1.165) is 24.3 Å². The van der Waals surface area contributed by atoms with Crippen LogP contribution < -0.4 is 15.9 Å². The maximum absolute atomic E-state index is 13.8. The molecule has 10 nitrogen and oxygen atoms in total. The number of amides is 1. The number of halogens is 1. The van der Waals surface area contributed by atoms with E-state index in [2.05, 4.69) is 20.4 Å². The van der Waals surface area contributed by atoms with Crippen molar-refractivity contribution in [3.8, 4) is 0 Å². The Bertz CT molecular complexity index is 1440. The zero-order valence-corrected chi connectivity index (χ0v) is 20.3. The number of anilines is 1. The molecule has 1 amide bonds. The zero-order valence-electron chi connectivity index (χ0n) is 19.6. The fourth-order valence-electron chi connectivity index (χ4n) is 4.27. The van der Waals surface area contributed by atoms with Gasteiger partial charge in [-0.1, -0.05) is 23.7 Å². The average molecular weight is 496 g/mol. The second kappa shape index (κ2) is 9.63. The summed E-state index contributed by atoms with van der Waals surface area (Å²) in [5, 5.41) is 11.9. The lowest BCUT2D eigenvalue weighted by molar-refractivity contribution is -0.121. The van der Waals surface area contributed by atoms with E-state index in [0.29, 0.717) is 41.5 Å². The second-order valence-corrected chi connectivity index (χ2v) is 9.27. The highest BCUT2D eigenvalue weighted by Crippen LogP contribution is 2.23. The summed E-state index contributed by atoms with van der Waals surface area (Å²) in [5.74, 6) is 0.0441. The third-order valence-electron chi connectivity index (χ3n) is 5.91. The highest BCUT2D eigenvalue weighted by atomic mass is 35.5. The molecule has 4 heterocycles. The number of aromatic nitrogens is 5. The van der Waals surface area contributed by atoms with Gasteiger partial charge in [-0.3, -0.25) is 9.36 Å². The molecule has 1 fully saturated rings. The zero-order chi connectivity index (χ0) is 24.5. The number of morpholine rings is 1. The van der Waals surface area contributed by atoms with Gasteiger partial charge in [-0.2, -0.15) is 0 Å². The summed E-state index contributed by atoms with van der Waals surface area (Å²) < 4.78 is 8.51. The molecular formula is C24H26ClN7O3. The Labute approximate surface area is 206 Å². The molecule has 0 unspecified atom stereocenters. The van der Waals surface area contributed by atoms with Crippen molar-refractivity contribution in [1.82, 2.24) is 29.5 Å². The lowest BCUT2D eigenvalue weighted by Gasteiger charge is -2.28. The molecule has 1 aliphatic rings. The minimum atomic E-state index is -0.333. The Morgan fingerprint density at radius 2 is 1.91 bits per heavy atom. The predicted molar refractivity (Wildman–Crippen MR) is 133 cm³/mol. The number of rotatable bonds is 6. The number of hydrogen-bond acceptors (Lipinski definition) is 7. The molecule has 1 aromatic carbocycles. The van der Waals surface area contributed by atoms with Gasteiger partial charge in [0.25, 0.3) is 0 Å². The quantitative estimate of drug-likeness (QED) is 0.436. The molecule has 182 valence electrons. The Morgan fingerprint density at radius 1 is 1.17 bits per heavy atom. The van der Waals surface area contributed by atoms with Crippen LogP contribution in [0.4, 0.5) is 5.69 Å². The van der Waals surface area contributed by atoms with Crippen molar-refractivity contribution in [2.24, 2.45) is 0 Å². The van der Waals surface area contributed by atoms with Gasteiger partial charge in [-0.25, -0.2) is 14.2 Å². The monoisotopic (exact) mass is 495 g/mol. The Kier molecular flexibility index (Phi) is 6.40. The Morgan fingerprint density at radius 3 is 2.63 bits per heavy atom. The third-order valence-corrected chi connectivity index (χ3v) is 6.16. The molecule has 5 rings (SSSR count). The van der Waals surface area contributed by atoms with Crippen molar-refractivity contribution in [2.45, 2.75) is 32.9 Å². The van der Waals surface area contributed by atoms with Gasteiger partial charge in [-0.05, 0) is 37.6 Å². The lowest BCUT2D eigenvalue weighted by atomic mass is 10.2. The minimum absolute atomic E-state index is 0.0237. The fraction of sp³-hybridized carbons (Fsp3) is 0.375. The maximum Gasteiger partial charge on any atom is 0.336 e. The van der Waals surface area contributed by atoms with Crippen LogP contribution in [0, 0.1) is 0 Å². The number of nitrogens with zero attached hydrogens (tertiary/aromatic N) is 6. The molecule has 0 bridgehead atoms. The summed E-state index contributed by atoms with van der Waals surface area (Å²) in [6.07, 6.45) is 1.72. The van der Waals surface area contributed by atoms with Crippen molar-refractivity contribution < 1.29 is 9.53 Å². The van der Waals surface area contributed by atoms with Crippen LogP contribution in [0.2, 0.25) is 5.02 Å². The van der Waals surface area contributed by atoms with Gasteiger partial charge in [0.05, 0.1) is 43.6 Å². The van der Waals surface area contributed by atoms with Gasteiger partial charge in [-0.15, -0.1) is 10.2 Å². The summed E-state index contributed by atoms with van der Waals surface area (Å²) in [6.45, 7) is 6.83. The molecule has 0 aliphatic carbocycles. The van der Waals surface area contributed by atoms with E-state index >= 15 is 0 Å². The van der Waals surface area contributed by atoms with Crippen LogP contribution in [0.5, 0.6) is 0 Å². The first-order valence-electron chi connectivity index (χ1n) is 11.5. The number of fused-ring (bicyclic) bond motifs is 3. The summed E-state index contributed by atoms with van der Waals surface area (Å²) in [5.41, 5.74) is 3.00. The van der Waals surface area contributed by atoms with Crippen LogP contribution in [0.3, 0.4) is 0 Å². The molecule has 0 atom stereocenters. The average Bonchev–Trinajstić information content (AvgIpc) is 3.26. The maximum atomic E-state index is 13.8. The van der Waals surface area contributed by atoms with Gasteiger partial charge in [0, 0.05) is 24.2 Å². The molecule has 35 heavy (non-hydrogen) atoms. The number of ether oxygens (including phenoxy) is 1. The van der Waals surface area contributed by atoms with Crippen LogP contribution in [0.1, 0.15) is 25.2 Å². The lowest BCUT2D eigenvalue weighted by Crippen LogP contribution is -2.36. The van der Waals surface area contributed by atoms with E-state index in [1.165, 1.54) is 4.40 Å². The third kappa shape index (κ3) is 4.71. The van der Waals surface area contributed by atoms with Crippen LogP contribution in [0.15, 0.2) is 41.3 Å². The van der Waals surface area contributed by atoms with Crippen LogP contribution >= 0.6 is 11.6 Å². The fourth-order valence-corrected chi connectivity index (χ4v) is 4.39. The number of nitrogens with one attached hydrogen (secondary N) is 1. The van der Waals surface area contributed by atoms with Crippen molar-refractivity contribution in [3.63, 3.8) is 0 Å². The summed E-state index contributed by atoms with van der Waals surface area (Å²) in [4.78, 5) is 33.1. The molecule has 3 aromatic heterocycles. The van der Waals surface area contributed by atoms with E-state index < -0.39 is 0 Å². The highest BCUT2D eigenvalue weighted by Gasteiger charge is 2.21. The van der Waals surface area contributed by atoms with Gasteiger partial charge >= 0.3 is 5.69 Å². The molecule has 1 aliphatic heterocycles. The van der Waals surface area contributed by atoms with Gasteiger partial charge in [0.15, 0.2) is 11.5 Å². The molecule has 11 heteroatoms. The molecular weight excluding hydrogens is 470 g/mol. The largest absolute Gasteiger partial charge is 0.378 e. The second-order valence-electron chi connectivity index (χ2n) is 8.83. The standard InChI is InChI=1S/C24H26ClN7O3/c1-15(2)27-21(33)12-20-28-29-23-22-19(11-18(13-26-22)30-7-9-35-10-8-30)31(24(34)32(20)23)14-16-3-5-17(25)6-4-16/h3-6,11,13,15H,7-10,12,14H2,1-2H3,(H,27,33). The summed E-state index contributed by atoms with van der Waals surface area (Å²) in [6, 6.07) is 9.29. The van der Waals surface area contributed by atoms with Crippen LogP contribution in [-0.4, -0.2) is 62.4 Å². The predicted octanol–water partition coefficient (Wildman–Crippen LogP) is 2.04. The van der Waals surface area contributed by atoms with Gasteiger partial charge < -0.3 is 15.0 Å². The number of carbonyl (C=O) groups is 1. The first kappa shape index (κ1) is 23.3. The molecule has 4 aromatic rings. The number of benzene rings is 1. The van der Waals surface area contributed by atoms with Crippen LogP contribution in [-0.2, 0) is 22.5 Å². The highest BCUT2D eigenvalue weighted by molar-refractivity contribution is 6.30. The van der Waals surface area contributed by atoms with E-state index in [1.54, 1.807) is 22.9 Å². The Balaban J connectivity index is 1.67. The first-order valence-corrected chi connectivity index (χ1v) is 11.9. The van der Waals surface area contributed by atoms with Gasteiger partial charge in [0.2, 0.25) is 5.91 Å². The summed E-state index contributed by atoms with van der Waals surface area (Å²) in [7, 11) is 0. The van der Waals surface area contributed by atoms with E-state index in [-0.39, 0.29) is 29.9 Å². The number of pyridine rings is 1. The van der Waals surface area contributed by atoms with E-state index in [1.807, 2.05) is 32.0 Å². The van der Waals surface area contributed by atoms with Crippen molar-refractivity contribution in [3.05, 3.63) is 63.4 Å². The summed E-state index contributed by atoms with van der Waals surface area (Å²) >= 11 is 6.06. The number of carbonyl (C=O) groups excluding carboxylic acids is 1. The molecule has 0 saturated carbocycles. The van der Waals surface area contributed by atoms with E-state index in [9.17, 15) is 9.59 Å². The van der Waals surface area contributed by atoms with Gasteiger partial charge in [0.1, 0.15) is 5.52 Å². The van der Waals surface area contributed by atoms with E-state index in [4.69, 9.17) is 21.3 Å². The molecule has 1 N–H and O–H groups in total. The molecule has 0 spiro atoms. The first-order chi connectivity index (χ1) is 16.9. The topological polar surface area (TPSA) is 107 Å². The normalized spacial score (nSPS) is 14.2. The number of hydrogen-bond donors (Lipinski definition) is 1. The van der Waals surface area contributed by atoms with Crippen LogP contribution in [0.25, 0.3) is 16.7 Å². The van der Waals surface area contributed by atoms with Crippen molar-refractivity contribution in [2.75, 3.05) is 31.2 Å². The van der Waals surface area contributed by atoms with Crippen molar-refractivity contribution >= 4 is 39.9 Å². The molecule has 1 saturated heterocycles. The van der Waals surface area contributed by atoms with Crippen molar-refractivity contribution in [1.29, 1.82) is 0 Å². The molecule has 0 radical (unpaired) electrons. The Hall–Kier alpha value is -3.50.